The molecular formula is C20H19FN4O. The maximum Gasteiger partial charge on any atom is 0.160 e. The smallest absolute Gasteiger partial charge is 0.160 e. The molecule has 0 N–H and O–H groups in total. The van der Waals surface area contributed by atoms with Gasteiger partial charge in [-0.25, -0.2) is 14.4 Å². The molecule has 0 fully saturated rings. The first kappa shape index (κ1) is 16.6. The lowest BCUT2D eigenvalue weighted by atomic mass is 10.1. The summed E-state index contributed by atoms with van der Waals surface area (Å²) in [5, 5.41) is 0. The Hall–Kier alpha value is -2.86. The molecular weight excluding hydrogens is 331 g/mol. The van der Waals surface area contributed by atoms with Gasteiger partial charge in [-0.05, 0) is 30.3 Å². The van der Waals surface area contributed by atoms with E-state index in [1.54, 1.807) is 31.6 Å². The van der Waals surface area contributed by atoms with Gasteiger partial charge in [-0.2, -0.15) is 0 Å². The van der Waals surface area contributed by atoms with Gasteiger partial charge in [-0.3, -0.25) is 9.88 Å². The van der Waals surface area contributed by atoms with E-state index >= 15 is 0 Å². The molecule has 1 aliphatic rings. The first-order valence-corrected chi connectivity index (χ1v) is 8.53. The van der Waals surface area contributed by atoms with Crippen LogP contribution in [0.25, 0.3) is 11.4 Å². The Labute approximate surface area is 151 Å². The quantitative estimate of drug-likeness (QED) is 0.723. The van der Waals surface area contributed by atoms with Crippen molar-refractivity contribution in [3.63, 3.8) is 0 Å². The van der Waals surface area contributed by atoms with Crippen LogP contribution in [0.2, 0.25) is 0 Å². The Balaban J connectivity index is 1.52. The van der Waals surface area contributed by atoms with Crippen molar-refractivity contribution in [1.82, 2.24) is 19.9 Å². The Kier molecular flexibility index (Phi) is 4.58. The summed E-state index contributed by atoms with van der Waals surface area (Å²) in [4.78, 5) is 15.5. The number of benzene rings is 1. The van der Waals surface area contributed by atoms with Crippen molar-refractivity contribution in [2.24, 2.45) is 0 Å². The van der Waals surface area contributed by atoms with Gasteiger partial charge < -0.3 is 4.74 Å². The van der Waals surface area contributed by atoms with Crippen molar-refractivity contribution < 1.29 is 9.13 Å². The van der Waals surface area contributed by atoms with Crippen molar-refractivity contribution >= 4 is 0 Å². The van der Waals surface area contributed by atoms with E-state index in [9.17, 15) is 4.39 Å². The van der Waals surface area contributed by atoms with Crippen molar-refractivity contribution in [2.45, 2.75) is 19.5 Å². The van der Waals surface area contributed by atoms with E-state index in [1.807, 2.05) is 18.3 Å². The van der Waals surface area contributed by atoms with Crippen molar-refractivity contribution in [3.8, 4) is 17.1 Å². The molecule has 26 heavy (non-hydrogen) atoms. The van der Waals surface area contributed by atoms with Crippen molar-refractivity contribution in [2.75, 3.05) is 13.7 Å². The highest BCUT2D eigenvalue weighted by Crippen LogP contribution is 2.24. The number of nitrogens with zero attached hydrogens (tertiary/aromatic N) is 4. The third-order valence-corrected chi connectivity index (χ3v) is 4.58. The fraction of sp³-hybridized carbons (Fsp3) is 0.250. The van der Waals surface area contributed by atoms with E-state index in [0.717, 1.165) is 29.8 Å². The summed E-state index contributed by atoms with van der Waals surface area (Å²) in [6.07, 6.45) is 6.19. The average Bonchev–Trinajstić information content (AvgIpc) is 2.70. The van der Waals surface area contributed by atoms with Crippen molar-refractivity contribution in [1.29, 1.82) is 0 Å². The van der Waals surface area contributed by atoms with Gasteiger partial charge in [-0.15, -0.1) is 0 Å². The zero-order valence-corrected chi connectivity index (χ0v) is 14.5. The minimum Gasteiger partial charge on any atom is -0.497 e. The first-order chi connectivity index (χ1) is 12.7. The minimum atomic E-state index is -0.209. The summed E-state index contributed by atoms with van der Waals surface area (Å²) in [6.45, 7) is 2.07. The molecule has 0 aliphatic carbocycles. The molecule has 6 heteroatoms. The second-order valence-electron chi connectivity index (χ2n) is 6.33. The predicted octanol–water partition coefficient (Wildman–Crippen LogP) is 3.24. The molecule has 4 rings (SSSR count). The third-order valence-electron chi connectivity index (χ3n) is 4.58. The Morgan fingerprint density at radius 2 is 2.15 bits per heavy atom. The standard InChI is InChI=1S/C20H19FN4O/c1-26-17-4-5-18(21)15(9-17)12-25-8-6-19-16(13-25)11-23-20(24-19)14-3-2-7-22-10-14/h2-5,7,9-11H,6,8,12-13H2,1H3. The van der Waals surface area contributed by atoms with Crippen LogP contribution < -0.4 is 4.74 Å². The SMILES string of the molecule is COc1ccc(F)c(CN2CCc3nc(-c4cccnc4)ncc3C2)c1. The number of ether oxygens (including phenoxy) is 1. The van der Waals surface area contributed by atoms with Crippen LogP contribution in [0.5, 0.6) is 5.75 Å². The molecule has 1 aromatic carbocycles. The number of rotatable bonds is 4. The number of hydrogen-bond acceptors (Lipinski definition) is 5. The van der Waals surface area contributed by atoms with Crippen LogP contribution in [-0.4, -0.2) is 33.5 Å². The summed E-state index contributed by atoms with van der Waals surface area (Å²) in [5.41, 5.74) is 3.70. The van der Waals surface area contributed by atoms with E-state index in [-0.39, 0.29) is 5.82 Å². The molecule has 0 radical (unpaired) electrons. The van der Waals surface area contributed by atoms with Crippen LogP contribution in [0.4, 0.5) is 4.39 Å². The second kappa shape index (κ2) is 7.17. The van der Waals surface area contributed by atoms with E-state index in [4.69, 9.17) is 9.72 Å². The summed E-state index contributed by atoms with van der Waals surface area (Å²) < 4.78 is 19.3. The Bertz CT molecular complexity index is 917. The molecule has 0 saturated heterocycles. The molecule has 3 heterocycles. The Morgan fingerprint density at radius 3 is 2.96 bits per heavy atom. The van der Waals surface area contributed by atoms with Gasteiger partial charge in [0, 0.05) is 61.3 Å². The first-order valence-electron chi connectivity index (χ1n) is 8.53. The van der Waals surface area contributed by atoms with Crippen molar-refractivity contribution in [3.05, 3.63) is 71.6 Å². The lowest BCUT2D eigenvalue weighted by Crippen LogP contribution is -2.31. The van der Waals surface area contributed by atoms with Gasteiger partial charge in [0.2, 0.25) is 0 Å². The lowest BCUT2D eigenvalue weighted by molar-refractivity contribution is 0.239. The van der Waals surface area contributed by atoms with Crippen LogP contribution in [0.1, 0.15) is 16.8 Å². The predicted molar refractivity (Wildman–Crippen MR) is 96.0 cm³/mol. The maximum atomic E-state index is 14.1. The van der Waals surface area contributed by atoms with Crippen LogP contribution in [0.15, 0.2) is 48.9 Å². The van der Waals surface area contributed by atoms with Crippen LogP contribution in [0.3, 0.4) is 0 Å². The van der Waals surface area contributed by atoms with Gasteiger partial charge in [0.05, 0.1) is 12.8 Å². The lowest BCUT2D eigenvalue weighted by Gasteiger charge is -2.28. The van der Waals surface area contributed by atoms with Gasteiger partial charge >= 0.3 is 0 Å². The van der Waals surface area contributed by atoms with Gasteiger partial charge in [0.15, 0.2) is 5.82 Å². The number of methoxy groups -OCH3 is 1. The fourth-order valence-corrected chi connectivity index (χ4v) is 3.18. The summed E-state index contributed by atoms with van der Waals surface area (Å²) in [5.74, 6) is 1.16. The van der Waals surface area contributed by atoms with Crippen LogP contribution in [-0.2, 0) is 19.5 Å². The normalized spacial score (nSPS) is 14.1. The molecule has 1 aliphatic heterocycles. The highest BCUT2D eigenvalue weighted by Gasteiger charge is 2.20. The molecule has 0 bridgehead atoms. The van der Waals surface area contributed by atoms with E-state index in [0.29, 0.717) is 30.2 Å². The summed E-state index contributed by atoms with van der Waals surface area (Å²) in [6, 6.07) is 8.68. The molecule has 0 unspecified atom stereocenters. The molecule has 0 spiro atoms. The monoisotopic (exact) mass is 350 g/mol. The highest BCUT2D eigenvalue weighted by molar-refractivity contribution is 5.53. The summed E-state index contributed by atoms with van der Waals surface area (Å²) in [7, 11) is 1.59. The highest BCUT2D eigenvalue weighted by atomic mass is 19.1. The minimum absolute atomic E-state index is 0.209. The number of pyridine rings is 1. The topological polar surface area (TPSA) is 51.1 Å². The molecule has 132 valence electrons. The molecule has 3 aromatic rings. The third kappa shape index (κ3) is 3.41. The number of hydrogen-bond donors (Lipinski definition) is 0. The number of fused-ring (bicyclic) bond motifs is 1. The largest absolute Gasteiger partial charge is 0.497 e. The van der Waals surface area contributed by atoms with E-state index in [1.165, 1.54) is 6.07 Å². The molecule has 0 atom stereocenters. The zero-order valence-electron chi connectivity index (χ0n) is 14.5. The molecule has 0 saturated carbocycles. The van der Waals surface area contributed by atoms with Gasteiger partial charge in [-0.1, -0.05) is 0 Å². The molecule has 0 amide bonds. The summed E-state index contributed by atoms with van der Waals surface area (Å²) >= 11 is 0. The maximum absolute atomic E-state index is 14.1. The fourth-order valence-electron chi connectivity index (χ4n) is 3.18. The zero-order chi connectivity index (χ0) is 17.9. The molecule has 5 nitrogen and oxygen atoms in total. The van der Waals surface area contributed by atoms with E-state index < -0.39 is 0 Å². The average molecular weight is 350 g/mol. The van der Waals surface area contributed by atoms with Crippen LogP contribution >= 0.6 is 0 Å². The van der Waals surface area contributed by atoms with Gasteiger partial charge in [0.1, 0.15) is 11.6 Å². The van der Waals surface area contributed by atoms with E-state index in [2.05, 4.69) is 14.9 Å². The van der Waals surface area contributed by atoms with Crippen LogP contribution in [0, 0.1) is 5.82 Å². The molecule has 2 aromatic heterocycles. The second-order valence-corrected chi connectivity index (χ2v) is 6.33. The number of aromatic nitrogens is 3. The Morgan fingerprint density at radius 1 is 1.23 bits per heavy atom. The number of halogens is 1. The van der Waals surface area contributed by atoms with Gasteiger partial charge in [0.25, 0.3) is 0 Å².